The van der Waals surface area contributed by atoms with Crippen LogP contribution >= 0.6 is 0 Å². The zero-order valence-corrected chi connectivity index (χ0v) is 20.9. The van der Waals surface area contributed by atoms with Gasteiger partial charge in [0.15, 0.2) is 0 Å². The first kappa shape index (κ1) is 30.4. The summed E-state index contributed by atoms with van der Waals surface area (Å²) in [6.45, 7) is 2.24. The van der Waals surface area contributed by atoms with Gasteiger partial charge >= 0.3 is 17.1 Å². The van der Waals surface area contributed by atoms with Crippen LogP contribution in [0, 0.1) is 23.0 Å². The van der Waals surface area contributed by atoms with Crippen molar-refractivity contribution in [2.75, 3.05) is 26.3 Å². The summed E-state index contributed by atoms with van der Waals surface area (Å²) >= 11 is 0. The first-order valence-electron chi connectivity index (χ1n) is 12.6. The average molecular weight is 505 g/mol. The van der Waals surface area contributed by atoms with Crippen molar-refractivity contribution in [3.8, 4) is 12.5 Å². The topological polar surface area (TPSA) is 165 Å². The highest BCUT2D eigenvalue weighted by atomic mass is 16.5. The van der Waals surface area contributed by atoms with Crippen molar-refractivity contribution in [1.29, 1.82) is 10.5 Å². The van der Waals surface area contributed by atoms with Crippen LogP contribution in [0.2, 0.25) is 0 Å². The third-order valence-corrected chi connectivity index (χ3v) is 5.47. The first-order valence-corrected chi connectivity index (χ1v) is 12.6. The van der Waals surface area contributed by atoms with E-state index in [0.29, 0.717) is 45.7 Å². The number of aliphatic imine (C=N–C) groups is 1. The molecular formula is C24H36N6O6. The molecule has 0 aliphatic rings. The summed E-state index contributed by atoms with van der Waals surface area (Å²) in [7, 11) is 0. The van der Waals surface area contributed by atoms with Crippen LogP contribution in [0.3, 0.4) is 0 Å². The molecule has 0 N–H and O–H groups in total. The fourth-order valence-electron chi connectivity index (χ4n) is 3.55. The third-order valence-electron chi connectivity index (χ3n) is 5.47. The van der Waals surface area contributed by atoms with E-state index in [1.807, 2.05) is 0 Å². The minimum Gasteiger partial charge on any atom is -0.428 e. The lowest BCUT2D eigenvalue weighted by Crippen LogP contribution is -2.47. The van der Waals surface area contributed by atoms with Gasteiger partial charge in [-0.1, -0.05) is 25.7 Å². The number of hydrogen-bond acceptors (Lipinski definition) is 10. The Morgan fingerprint density at radius 2 is 1.25 bits per heavy atom. The van der Waals surface area contributed by atoms with Gasteiger partial charge in [0.1, 0.15) is 13.2 Å². The molecule has 0 saturated heterocycles. The summed E-state index contributed by atoms with van der Waals surface area (Å²) in [5, 5.41) is 16.8. The summed E-state index contributed by atoms with van der Waals surface area (Å²) in [5.41, 5.74) is -0.398. The van der Waals surface area contributed by atoms with Crippen LogP contribution < -0.4 is 17.1 Å². The van der Waals surface area contributed by atoms with E-state index in [1.165, 1.54) is 10.6 Å². The zero-order chi connectivity index (χ0) is 26.3. The molecule has 0 fully saturated rings. The number of aromatic nitrogens is 2. The molecule has 0 aliphatic carbocycles. The van der Waals surface area contributed by atoms with Crippen molar-refractivity contribution in [2.45, 2.75) is 90.1 Å². The number of isocyanates is 1. The quantitative estimate of drug-likeness (QED) is 0.107. The molecule has 0 spiro atoms. The predicted octanol–water partition coefficient (Wildman–Crippen LogP) is 2.52. The number of hydrogen-bond donors (Lipinski definition) is 0. The summed E-state index contributed by atoms with van der Waals surface area (Å²) in [6, 6.07) is 0. The molecule has 0 saturated carbocycles. The summed E-state index contributed by atoms with van der Waals surface area (Å²) < 4.78 is 17.3. The molecular weight excluding hydrogens is 468 g/mol. The van der Waals surface area contributed by atoms with E-state index in [4.69, 9.17) is 14.9 Å². The molecule has 1 rings (SSSR count). The Bertz CT molecular complexity index is 1060. The number of carbonyl (C=O) groups excluding carboxylic acids is 1. The van der Waals surface area contributed by atoms with E-state index in [0.717, 1.165) is 68.8 Å². The van der Waals surface area contributed by atoms with Gasteiger partial charge in [-0.2, -0.15) is 10.5 Å². The van der Waals surface area contributed by atoms with Gasteiger partial charge in [-0.05, 0) is 51.4 Å². The molecule has 1 aromatic heterocycles. The summed E-state index contributed by atoms with van der Waals surface area (Å²) in [6.07, 6.45) is 14.2. The van der Waals surface area contributed by atoms with Gasteiger partial charge < -0.3 is 13.9 Å². The Morgan fingerprint density at radius 3 is 1.83 bits per heavy atom. The lowest BCUT2D eigenvalue weighted by atomic mass is 10.2. The van der Waals surface area contributed by atoms with Crippen molar-refractivity contribution in [1.82, 2.24) is 9.13 Å². The number of nitrogens with zero attached hydrogens (tertiary/aromatic N) is 6. The predicted molar refractivity (Wildman–Crippen MR) is 129 cm³/mol. The van der Waals surface area contributed by atoms with Crippen LogP contribution in [0.5, 0.6) is 0 Å². The number of nitriles is 2. The first-order chi connectivity index (χ1) is 17.7. The molecule has 0 aromatic carbocycles. The molecule has 36 heavy (non-hydrogen) atoms. The highest BCUT2D eigenvalue weighted by molar-refractivity contribution is 5.32. The molecule has 0 aliphatic heterocycles. The number of unbranched alkanes of at least 4 members (excludes halogenated alkanes) is 9. The molecule has 12 nitrogen and oxygen atoms in total. The monoisotopic (exact) mass is 504 g/mol. The van der Waals surface area contributed by atoms with Gasteiger partial charge in [-0.3, -0.25) is 0 Å². The second-order valence-corrected chi connectivity index (χ2v) is 8.21. The number of ether oxygens (including phenoxy) is 2. The van der Waals surface area contributed by atoms with Crippen molar-refractivity contribution < 1.29 is 18.7 Å². The van der Waals surface area contributed by atoms with Crippen LogP contribution in [-0.2, 0) is 27.4 Å². The maximum Gasteiger partial charge on any atom is 0.425 e. The molecule has 198 valence electrons. The normalized spacial score (nSPS) is 10.9. The van der Waals surface area contributed by atoms with Gasteiger partial charge in [0.2, 0.25) is 6.08 Å². The Kier molecular flexibility index (Phi) is 17.5. The van der Waals surface area contributed by atoms with Gasteiger partial charge in [-0.25, -0.2) is 33.5 Å². The van der Waals surface area contributed by atoms with E-state index in [2.05, 4.69) is 19.5 Å². The Morgan fingerprint density at radius 1 is 0.722 bits per heavy atom. The van der Waals surface area contributed by atoms with Crippen LogP contribution in [0.25, 0.3) is 0 Å². The third kappa shape index (κ3) is 13.3. The van der Waals surface area contributed by atoms with E-state index >= 15 is 0 Å². The Hall–Kier alpha value is -3.63. The maximum atomic E-state index is 13.1. The maximum absolute atomic E-state index is 13.1. The fourth-order valence-corrected chi connectivity index (χ4v) is 3.55. The molecule has 12 heteroatoms. The lowest BCUT2D eigenvalue weighted by Gasteiger charge is -2.10. The standard InChI is InChI=1S/C24H36N6O6/c25-19-34-17-11-5-2-8-14-28-22-29(15-9-4-6-12-18-35-20-26)23(32)30(24(33)36-22)16-10-3-1-7-13-27-21-31/h1-18H2. The zero-order valence-electron chi connectivity index (χ0n) is 20.9. The SMILES string of the molecule is N#COCCCCCCN=c1oc(=O)n(CCCCCCN=C=O)c(=O)n1CCCCCCOC#N. The van der Waals surface area contributed by atoms with E-state index in [1.54, 1.807) is 12.5 Å². The Labute approximate surface area is 210 Å². The average Bonchev–Trinajstić information content (AvgIpc) is 2.87. The second-order valence-electron chi connectivity index (χ2n) is 8.21. The van der Waals surface area contributed by atoms with E-state index in [9.17, 15) is 14.4 Å². The largest absolute Gasteiger partial charge is 0.428 e. The molecule has 0 atom stereocenters. The fraction of sp³-hybridized carbons (Fsp3) is 0.750. The molecule has 0 bridgehead atoms. The molecule has 0 unspecified atom stereocenters. The van der Waals surface area contributed by atoms with E-state index in [-0.39, 0.29) is 12.2 Å². The molecule has 1 aromatic rings. The van der Waals surface area contributed by atoms with Crippen molar-refractivity contribution in [2.24, 2.45) is 9.98 Å². The minimum absolute atomic E-state index is 0.0357. The van der Waals surface area contributed by atoms with Crippen LogP contribution in [0.15, 0.2) is 24.0 Å². The highest BCUT2D eigenvalue weighted by Gasteiger charge is 2.11. The lowest BCUT2D eigenvalue weighted by molar-refractivity contribution is 0.258. The number of rotatable bonds is 21. The van der Waals surface area contributed by atoms with Gasteiger partial charge in [0.25, 0.3) is 12.5 Å². The van der Waals surface area contributed by atoms with Crippen LogP contribution in [0.1, 0.15) is 77.0 Å². The summed E-state index contributed by atoms with van der Waals surface area (Å²) in [4.78, 5) is 43.6. The van der Waals surface area contributed by atoms with Crippen molar-refractivity contribution in [3.63, 3.8) is 0 Å². The molecule has 1 heterocycles. The van der Waals surface area contributed by atoms with Gasteiger partial charge in [0.05, 0.1) is 6.54 Å². The summed E-state index contributed by atoms with van der Waals surface area (Å²) in [5.74, 6) is -0.720. The van der Waals surface area contributed by atoms with Gasteiger partial charge in [0, 0.05) is 19.6 Å². The second kappa shape index (κ2) is 20.7. The van der Waals surface area contributed by atoms with Gasteiger partial charge in [-0.15, -0.1) is 0 Å². The Balaban J connectivity index is 2.79. The minimum atomic E-state index is -0.720. The molecule has 0 amide bonds. The highest BCUT2D eigenvalue weighted by Crippen LogP contribution is 2.03. The smallest absolute Gasteiger partial charge is 0.425 e. The van der Waals surface area contributed by atoms with E-state index < -0.39 is 11.4 Å². The van der Waals surface area contributed by atoms with Crippen LogP contribution in [0.4, 0.5) is 0 Å². The molecule has 0 radical (unpaired) electrons. The van der Waals surface area contributed by atoms with Crippen LogP contribution in [-0.4, -0.2) is 41.5 Å². The van der Waals surface area contributed by atoms with Crippen molar-refractivity contribution in [3.05, 3.63) is 26.7 Å². The van der Waals surface area contributed by atoms with Crippen molar-refractivity contribution >= 4 is 6.08 Å².